The lowest BCUT2D eigenvalue weighted by Crippen LogP contribution is -2.23. The highest BCUT2D eigenvalue weighted by atomic mass is 19.4. The molecular formula is C35H24F9NO5. The van der Waals surface area contributed by atoms with E-state index in [0.717, 1.165) is 23.1 Å². The lowest BCUT2D eigenvalue weighted by Gasteiger charge is -2.21. The van der Waals surface area contributed by atoms with Crippen LogP contribution in [-0.4, -0.2) is 29.2 Å². The molecule has 0 aromatic heterocycles. The number of benzene rings is 4. The van der Waals surface area contributed by atoms with Crippen molar-refractivity contribution in [3.05, 3.63) is 124 Å². The number of amides is 1. The third-order valence-electron chi connectivity index (χ3n) is 8.04. The van der Waals surface area contributed by atoms with Gasteiger partial charge in [0.2, 0.25) is 0 Å². The molecule has 0 bridgehead atoms. The zero-order chi connectivity index (χ0) is 36.9. The van der Waals surface area contributed by atoms with Crippen LogP contribution in [0.2, 0.25) is 0 Å². The summed E-state index contributed by atoms with van der Waals surface area (Å²) in [5, 5.41) is 9.34. The fraction of sp³-hybridized carbons (Fsp3) is 0.200. The summed E-state index contributed by atoms with van der Waals surface area (Å²) in [6.07, 6.45) is -18.3. The number of rotatable bonds is 7. The van der Waals surface area contributed by atoms with E-state index in [0.29, 0.717) is 28.8 Å². The number of alkyl halides is 9. The number of hydrogen-bond acceptors (Lipinski definition) is 4. The predicted octanol–water partition coefficient (Wildman–Crippen LogP) is 10.3. The number of carbonyl (C=O) groups excluding carboxylic acids is 1. The Balaban J connectivity index is 1.60. The zero-order valence-corrected chi connectivity index (χ0v) is 25.8. The van der Waals surface area contributed by atoms with E-state index in [4.69, 9.17) is 9.47 Å². The van der Waals surface area contributed by atoms with Gasteiger partial charge in [-0.15, -0.1) is 0 Å². The Morgan fingerprint density at radius 3 is 1.94 bits per heavy atom. The van der Waals surface area contributed by atoms with E-state index in [9.17, 15) is 54.2 Å². The molecular weight excluding hydrogens is 685 g/mol. The highest BCUT2D eigenvalue weighted by Gasteiger charge is 2.42. The normalized spacial score (nSPS) is 15.3. The summed E-state index contributed by atoms with van der Waals surface area (Å²) in [7, 11) is 1.31. The summed E-state index contributed by atoms with van der Waals surface area (Å²) in [5.41, 5.74) is -3.62. The Labute approximate surface area is 278 Å². The molecule has 1 fully saturated rings. The number of methoxy groups -OCH3 is 1. The summed E-state index contributed by atoms with van der Waals surface area (Å²) < 4.78 is 134. The number of halogens is 9. The smallest absolute Gasteiger partial charge is 0.416 e. The number of carboxylic acids is 1. The van der Waals surface area contributed by atoms with Crippen molar-refractivity contribution < 1.29 is 63.7 Å². The minimum absolute atomic E-state index is 0.0285. The molecule has 4 aromatic rings. The van der Waals surface area contributed by atoms with Gasteiger partial charge in [-0.1, -0.05) is 24.8 Å². The minimum atomic E-state index is -5.20. The molecule has 0 saturated carbocycles. The van der Waals surface area contributed by atoms with Gasteiger partial charge < -0.3 is 14.6 Å². The van der Waals surface area contributed by atoms with Crippen LogP contribution in [0.15, 0.2) is 85.1 Å². The number of carbonyl (C=O) groups is 2. The number of cyclic esters (lactones) is 1. The highest BCUT2D eigenvalue weighted by Crippen LogP contribution is 2.44. The standard InChI is InChI=1S/C35H24F9NO5/c1-17-10-20(31(46)47)4-7-26(17)19-5-9-29(49-3)28(14-19)27-8-6-23(33(36,37)38)13-22(27)16-45-18(2)30(50-32(45)48)21-11-24(34(39,40)41)15-25(12-21)35(42,43)44/h4-15,30H,2,16H2,1,3H3,(H,46,47)/t30-/m0/s1. The molecule has 6 nitrogen and oxygen atoms in total. The van der Waals surface area contributed by atoms with Crippen LogP contribution < -0.4 is 4.74 Å². The largest absolute Gasteiger partial charge is 0.496 e. The molecule has 0 unspecified atom stereocenters. The van der Waals surface area contributed by atoms with E-state index >= 15 is 0 Å². The van der Waals surface area contributed by atoms with Crippen LogP contribution in [0.5, 0.6) is 5.75 Å². The van der Waals surface area contributed by atoms with Gasteiger partial charge in [-0.05, 0) is 94.9 Å². The molecule has 1 saturated heterocycles. The molecule has 1 heterocycles. The molecule has 15 heteroatoms. The first-order chi connectivity index (χ1) is 23.2. The van der Waals surface area contributed by atoms with Crippen LogP contribution in [0.25, 0.3) is 22.3 Å². The van der Waals surface area contributed by atoms with Crippen LogP contribution in [0.1, 0.15) is 49.8 Å². The number of nitrogens with zero attached hydrogens (tertiary/aromatic N) is 1. The summed E-state index contributed by atoms with van der Waals surface area (Å²) >= 11 is 0. The first kappa shape index (κ1) is 35.8. The average Bonchev–Trinajstić information content (AvgIpc) is 3.31. The first-order valence-electron chi connectivity index (χ1n) is 14.4. The molecule has 1 aliphatic rings. The maximum atomic E-state index is 13.9. The molecule has 50 heavy (non-hydrogen) atoms. The van der Waals surface area contributed by atoms with Gasteiger partial charge in [-0.2, -0.15) is 39.5 Å². The fourth-order valence-electron chi connectivity index (χ4n) is 5.59. The van der Waals surface area contributed by atoms with Crippen molar-refractivity contribution in [1.29, 1.82) is 0 Å². The van der Waals surface area contributed by atoms with Gasteiger partial charge in [0, 0.05) is 5.56 Å². The maximum absolute atomic E-state index is 13.9. The first-order valence-corrected chi connectivity index (χ1v) is 14.4. The van der Waals surface area contributed by atoms with Crippen LogP contribution in [0.3, 0.4) is 0 Å². The Morgan fingerprint density at radius 1 is 0.800 bits per heavy atom. The molecule has 1 atom stereocenters. The number of aryl methyl sites for hydroxylation is 1. The Bertz CT molecular complexity index is 1980. The van der Waals surface area contributed by atoms with Crippen LogP contribution >= 0.6 is 0 Å². The lowest BCUT2D eigenvalue weighted by molar-refractivity contribution is -0.143. The van der Waals surface area contributed by atoms with Crippen molar-refractivity contribution in [2.75, 3.05) is 7.11 Å². The van der Waals surface area contributed by atoms with Crippen molar-refractivity contribution >= 4 is 12.1 Å². The second-order valence-corrected chi connectivity index (χ2v) is 11.3. The molecule has 4 aromatic carbocycles. The lowest BCUT2D eigenvalue weighted by atomic mass is 9.91. The molecule has 0 spiro atoms. The Hall–Kier alpha value is -5.47. The van der Waals surface area contributed by atoms with Crippen LogP contribution in [-0.2, 0) is 29.8 Å². The summed E-state index contributed by atoms with van der Waals surface area (Å²) in [6, 6.07) is 12.4. The third kappa shape index (κ3) is 7.12. The molecule has 1 aliphatic heterocycles. The summed E-state index contributed by atoms with van der Waals surface area (Å²) in [5.74, 6) is -0.957. The van der Waals surface area contributed by atoms with Gasteiger partial charge >= 0.3 is 30.6 Å². The quantitative estimate of drug-likeness (QED) is 0.193. The van der Waals surface area contributed by atoms with Gasteiger partial charge in [-0.25, -0.2) is 9.59 Å². The average molecular weight is 710 g/mol. The van der Waals surface area contributed by atoms with E-state index in [1.165, 1.54) is 25.3 Å². The second kappa shape index (κ2) is 12.8. The van der Waals surface area contributed by atoms with Gasteiger partial charge in [0.1, 0.15) is 5.75 Å². The second-order valence-electron chi connectivity index (χ2n) is 11.3. The number of aromatic carboxylic acids is 1. The summed E-state index contributed by atoms with van der Waals surface area (Å²) in [4.78, 5) is 25.2. The van der Waals surface area contributed by atoms with E-state index in [1.54, 1.807) is 25.1 Å². The summed E-state index contributed by atoms with van der Waals surface area (Å²) in [6.45, 7) is 4.63. The number of ether oxygens (including phenoxy) is 2. The van der Waals surface area contributed by atoms with Crippen molar-refractivity contribution in [3.8, 4) is 28.0 Å². The van der Waals surface area contributed by atoms with Gasteiger partial charge in [0.15, 0.2) is 6.10 Å². The van der Waals surface area contributed by atoms with E-state index in [-0.39, 0.29) is 34.1 Å². The third-order valence-corrected chi connectivity index (χ3v) is 8.04. The molecule has 1 N–H and O–H groups in total. The number of hydrogen-bond donors (Lipinski definition) is 1. The highest BCUT2D eigenvalue weighted by molar-refractivity contribution is 5.89. The molecule has 262 valence electrons. The van der Waals surface area contributed by atoms with Crippen molar-refractivity contribution in [1.82, 2.24) is 4.90 Å². The Kier molecular flexibility index (Phi) is 9.15. The number of carboxylic acid groups (broad SMARTS) is 1. The van der Waals surface area contributed by atoms with Gasteiger partial charge in [0.25, 0.3) is 0 Å². The van der Waals surface area contributed by atoms with E-state index < -0.39 is 71.2 Å². The van der Waals surface area contributed by atoms with Crippen molar-refractivity contribution in [2.45, 2.75) is 38.1 Å². The van der Waals surface area contributed by atoms with Gasteiger partial charge in [-0.3, -0.25) is 4.90 Å². The van der Waals surface area contributed by atoms with Crippen molar-refractivity contribution in [3.63, 3.8) is 0 Å². The zero-order valence-electron chi connectivity index (χ0n) is 25.8. The fourth-order valence-corrected chi connectivity index (χ4v) is 5.59. The predicted molar refractivity (Wildman–Crippen MR) is 161 cm³/mol. The van der Waals surface area contributed by atoms with E-state index in [2.05, 4.69) is 6.58 Å². The topological polar surface area (TPSA) is 76.1 Å². The minimum Gasteiger partial charge on any atom is -0.496 e. The monoisotopic (exact) mass is 709 g/mol. The maximum Gasteiger partial charge on any atom is 0.416 e. The molecule has 0 radical (unpaired) electrons. The van der Waals surface area contributed by atoms with Gasteiger partial charge in [0.05, 0.1) is 41.6 Å². The molecule has 5 rings (SSSR count). The SMILES string of the molecule is C=C1[C@@H](c2cc(C(F)(F)F)cc(C(F)(F)F)c2)OC(=O)N1Cc1cc(C(F)(F)F)ccc1-c1cc(-c2ccc(C(=O)O)cc2C)ccc1OC. The van der Waals surface area contributed by atoms with Crippen molar-refractivity contribution in [2.24, 2.45) is 0 Å². The van der Waals surface area contributed by atoms with Crippen LogP contribution in [0, 0.1) is 6.92 Å². The van der Waals surface area contributed by atoms with E-state index in [1.807, 2.05) is 0 Å². The Morgan fingerprint density at radius 2 is 1.40 bits per heavy atom. The van der Waals surface area contributed by atoms with Crippen LogP contribution in [0.4, 0.5) is 44.3 Å². The molecule has 1 amide bonds. The molecule has 0 aliphatic carbocycles.